The van der Waals surface area contributed by atoms with Gasteiger partial charge in [0.25, 0.3) is 0 Å². The normalized spacial score (nSPS) is 17.5. The maximum Gasteiger partial charge on any atom is 0.223 e. The first kappa shape index (κ1) is 10.6. The minimum Gasteiger partial charge on any atom is -0.347 e. The fraction of sp³-hybridized carbons (Fsp3) is 0.636. The summed E-state index contributed by atoms with van der Waals surface area (Å²) < 4.78 is 0. The van der Waals surface area contributed by atoms with E-state index in [1.165, 1.54) is 4.88 Å². The van der Waals surface area contributed by atoms with Crippen molar-refractivity contribution in [3.8, 4) is 0 Å². The molecule has 1 aromatic rings. The SMILES string of the molecule is CCc1cnc(C(C)NC(=O)C2CC2)s1. The Hall–Kier alpha value is -0.900. The van der Waals surface area contributed by atoms with Gasteiger partial charge in [0.1, 0.15) is 5.01 Å². The van der Waals surface area contributed by atoms with Crippen LogP contribution in [0.1, 0.15) is 42.6 Å². The molecule has 1 N–H and O–H groups in total. The van der Waals surface area contributed by atoms with Crippen molar-refractivity contribution < 1.29 is 4.79 Å². The Bertz CT molecular complexity index is 357. The molecule has 1 aliphatic carbocycles. The Morgan fingerprint density at radius 2 is 2.47 bits per heavy atom. The molecular formula is C11H16N2OS. The third kappa shape index (κ3) is 2.56. The highest BCUT2D eigenvalue weighted by Gasteiger charge is 2.30. The molecule has 15 heavy (non-hydrogen) atoms. The topological polar surface area (TPSA) is 42.0 Å². The molecule has 0 aromatic carbocycles. The van der Waals surface area contributed by atoms with Gasteiger partial charge in [0.15, 0.2) is 0 Å². The van der Waals surface area contributed by atoms with Crippen LogP contribution in [0.25, 0.3) is 0 Å². The molecule has 1 heterocycles. The molecule has 0 bridgehead atoms. The number of nitrogens with one attached hydrogen (secondary N) is 1. The lowest BCUT2D eigenvalue weighted by Crippen LogP contribution is -2.27. The fourth-order valence-electron chi connectivity index (χ4n) is 1.42. The molecule has 3 nitrogen and oxygen atoms in total. The van der Waals surface area contributed by atoms with Crippen molar-refractivity contribution in [2.24, 2.45) is 5.92 Å². The van der Waals surface area contributed by atoms with Crippen LogP contribution in [0.4, 0.5) is 0 Å². The van der Waals surface area contributed by atoms with Gasteiger partial charge in [-0.25, -0.2) is 4.98 Å². The average molecular weight is 224 g/mol. The van der Waals surface area contributed by atoms with E-state index in [2.05, 4.69) is 17.2 Å². The number of aromatic nitrogens is 1. The van der Waals surface area contributed by atoms with Crippen LogP contribution in [0.2, 0.25) is 0 Å². The molecule has 1 unspecified atom stereocenters. The van der Waals surface area contributed by atoms with Crippen LogP contribution in [0, 0.1) is 5.92 Å². The molecule has 1 saturated carbocycles. The lowest BCUT2D eigenvalue weighted by molar-refractivity contribution is -0.122. The molecule has 4 heteroatoms. The summed E-state index contributed by atoms with van der Waals surface area (Å²) in [5, 5.41) is 4.02. The molecule has 1 amide bonds. The van der Waals surface area contributed by atoms with Gasteiger partial charge in [-0.3, -0.25) is 4.79 Å². The molecule has 0 aliphatic heterocycles. The van der Waals surface area contributed by atoms with Gasteiger partial charge in [0.05, 0.1) is 6.04 Å². The maximum absolute atomic E-state index is 11.5. The third-order valence-electron chi connectivity index (χ3n) is 2.60. The smallest absolute Gasteiger partial charge is 0.223 e. The van der Waals surface area contributed by atoms with Crippen LogP contribution >= 0.6 is 11.3 Å². The number of nitrogens with zero attached hydrogens (tertiary/aromatic N) is 1. The monoisotopic (exact) mass is 224 g/mol. The van der Waals surface area contributed by atoms with Gasteiger partial charge in [0.2, 0.25) is 5.91 Å². The first-order valence-corrected chi connectivity index (χ1v) is 6.27. The Balaban J connectivity index is 1.94. The van der Waals surface area contributed by atoms with E-state index < -0.39 is 0 Å². The summed E-state index contributed by atoms with van der Waals surface area (Å²) in [6.07, 6.45) is 5.02. The minimum atomic E-state index is 0.0587. The Kier molecular flexibility index (Phi) is 3.05. The van der Waals surface area contributed by atoms with Crippen LogP contribution in [-0.4, -0.2) is 10.9 Å². The zero-order chi connectivity index (χ0) is 10.8. The zero-order valence-corrected chi connectivity index (χ0v) is 9.93. The van der Waals surface area contributed by atoms with Gasteiger partial charge in [-0.15, -0.1) is 11.3 Å². The number of hydrogen-bond acceptors (Lipinski definition) is 3. The van der Waals surface area contributed by atoms with Crippen LogP contribution < -0.4 is 5.32 Å². The molecule has 1 aromatic heterocycles. The van der Waals surface area contributed by atoms with E-state index in [0.29, 0.717) is 0 Å². The van der Waals surface area contributed by atoms with Gasteiger partial charge in [-0.2, -0.15) is 0 Å². The van der Waals surface area contributed by atoms with Crippen molar-refractivity contribution in [1.82, 2.24) is 10.3 Å². The average Bonchev–Trinajstić information content (AvgIpc) is 2.96. The zero-order valence-electron chi connectivity index (χ0n) is 9.12. The number of hydrogen-bond donors (Lipinski definition) is 1. The van der Waals surface area contributed by atoms with Crippen LogP contribution in [0.15, 0.2) is 6.20 Å². The molecule has 0 radical (unpaired) electrons. The lowest BCUT2D eigenvalue weighted by atomic mass is 10.3. The van der Waals surface area contributed by atoms with E-state index in [1.54, 1.807) is 11.3 Å². The molecule has 1 aliphatic rings. The maximum atomic E-state index is 11.5. The van der Waals surface area contributed by atoms with E-state index in [4.69, 9.17) is 0 Å². The van der Waals surface area contributed by atoms with E-state index in [1.807, 2.05) is 13.1 Å². The molecule has 2 rings (SSSR count). The quantitative estimate of drug-likeness (QED) is 0.852. The van der Waals surface area contributed by atoms with Gasteiger partial charge in [0, 0.05) is 17.0 Å². The van der Waals surface area contributed by atoms with Crippen LogP contribution in [0.5, 0.6) is 0 Å². The minimum absolute atomic E-state index is 0.0587. The van der Waals surface area contributed by atoms with Crippen LogP contribution in [-0.2, 0) is 11.2 Å². The Morgan fingerprint density at radius 1 is 1.73 bits per heavy atom. The van der Waals surface area contributed by atoms with Crippen molar-refractivity contribution in [2.75, 3.05) is 0 Å². The highest BCUT2D eigenvalue weighted by molar-refractivity contribution is 7.11. The van der Waals surface area contributed by atoms with Crippen molar-refractivity contribution in [1.29, 1.82) is 0 Å². The van der Waals surface area contributed by atoms with E-state index in [0.717, 1.165) is 24.3 Å². The first-order valence-electron chi connectivity index (χ1n) is 5.45. The van der Waals surface area contributed by atoms with Gasteiger partial charge >= 0.3 is 0 Å². The molecule has 1 atom stereocenters. The predicted octanol–water partition coefficient (Wildman–Crippen LogP) is 2.29. The Morgan fingerprint density at radius 3 is 3.00 bits per heavy atom. The number of carbonyl (C=O) groups excluding carboxylic acids is 1. The summed E-state index contributed by atoms with van der Waals surface area (Å²) >= 11 is 1.69. The number of thiazole rings is 1. The second-order valence-electron chi connectivity index (χ2n) is 4.02. The van der Waals surface area contributed by atoms with Crippen LogP contribution in [0.3, 0.4) is 0 Å². The van der Waals surface area contributed by atoms with Crippen molar-refractivity contribution in [3.05, 3.63) is 16.1 Å². The van der Waals surface area contributed by atoms with Gasteiger partial charge in [-0.05, 0) is 26.2 Å². The van der Waals surface area contributed by atoms with E-state index >= 15 is 0 Å². The second-order valence-corrected chi connectivity index (χ2v) is 5.17. The van der Waals surface area contributed by atoms with Gasteiger partial charge < -0.3 is 5.32 Å². The summed E-state index contributed by atoms with van der Waals surface area (Å²) in [6.45, 7) is 4.11. The molecular weight excluding hydrogens is 208 g/mol. The summed E-state index contributed by atoms with van der Waals surface area (Å²) in [4.78, 5) is 17.1. The fourth-order valence-corrected chi connectivity index (χ4v) is 2.28. The number of aryl methyl sites for hydroxylation is 1. The number of carbonyl (C=O) groups is 1. The lowest BCUT2D eigenvalue weighted by Gasteiger charge is -2.10. The van der Waals surface area contributed by atoms with E-state index in [-0.39, 0.29) is 17.9 Å². The van der Waals surface area contributed by atoms with Crippen molar-refractivity contribution in [2.45, 2.75) is 39.2 Å². The highest BCUT2D eigenvalue weighted by atomic mass is 32.1. The Labute approximate surface area is 93.9 Å². The standard InChI is InChI=1S/C11H16N2OS/c1-3-9-6-12-11(15-9)7(2)13-10(14)8-4-5-8/h6-8H,3-5H2,1-2H3,(H,13,14). The summed E-state index contributed by atoms with van der Waals surface area (Å²) in [5.74, 6) is 0.466. The van der Waals surface area contributed by atoms with Gasteiger partial charge in [-0.1, -0.05) is 6.92 Å². The number of amides is 1. The summed E-state index contributed by atoms with van der Waals surface area (Å²) in [5.41, 5.74) is 0. The predicted molar refractivity (Wildman–Crippen MR) is 60.8 cm³/mol. The molecule has 0 saturated heterocycles. The summed E-state index contributed by atoms with van der Waals surface area (Å²) in [7, 11) is 0. The highest BCUT2D eigenvalue weighted by Crippen LogP contribution is 2.30. The van der Waals surface area contributed by atoms with Crippen molar-refractivity contribution in [3.63, 3.8) is 0 Å². The summed E-state index contributed by atoms with van der Waals surface area (Å²) in [6, 6.07) is 0.0587. The van der Waals surface area contributed by atoms with Crippen molar-refractivity contribution >= 4 is 17.2 Å². The molecule has 0 spiro atoms. The molecule has 82 valence electrons. The number of rotatable bonds is 4. The van der Waals surface area contributed by atoms with E-state index in [9.17, 15) is 4.79 Å². The third-order valence-corrected chi connectivity index (χ3v) is 3.92. The largest absolute Gasteiger partial charge is 0.347 e. The molecule has 1 fully saturated rings. The second kappa shape index (κ2) is 4.31. The first-order chi connectivity index (χ1) is 7.20.